The summed E-state index contributed by atoms with van der Waals surface area (Å²) in [6.45, 7) is 1.87. The third-order valence-electron chi connectivity index (χ3n) is 3.60. The van der Waals surface area contributed by atoms with Crippen molar-refractivity contribution in [1.29, 1.82) is 0 Å². The number of nitrogens with one attached hydrogen (secondary N) is 1. The second kappa shape index (κ2) is 5.61. The van der Waals surface area contributed by atoms with Crippen LogP contribution in [0, 0.1) is 18.8 Å². The summed E-state index contributed by atoms with van der Waals surface area (Å²) >= 11 is 5.86. The lowest BCUT2D eigenvalue weighted by molar-refractivity contribution is -0.141. The third kappa shape index (κ3) is 3.26. The molecule has 0 bridgehead atoms. The molecule has 2 N–H and O–H groups in total. The van der Waals surface area contributed by atoms with E-state index in [2.05, 4.69) is 5.32 Å². The van der Waals surface area contributed by atoms with E-state index < -0.39 is 5.97 Å². The van der Waals surface area contributed by atoms with Crippen LogP contribution in [0.3, 0.4) is 0 Å². The number of amides is 1. The Bertz CT molecular complexity index is 515. The second-order valence-corrected chi connectivity index (χ2v) is 5.43. The van der Waals surface area contributed by atoms with Crippen LogP contribution >= 0.6 is 11.6 Å². The molecule has 1 aromatic carbocycles. The van der Waals surface area contributed by atoms with Gasteiger partial charge in [-0.15, -0.1) is 0 Å². The smallest absolute Gasteiger partial charge is 0.306 e. The number of carboxylic acids is 1. The Morgan fingerprint density at radius 3 is 2.58 bits per heavy atom. The molecule has 0 radical (unpaired) electrons. The molecule has 0 aliphatic heterocycles. The molecule has 5 heteroatoms. The number of anilines is 1. The normalized spacial score (nSPS) is 22.2. The lowest BCUT2D eigenvalue weighted by atomic mass is 10.0. The molecule has 1 fully saturated rings. The van der Waals surface area contributed by atoms with Crippen molar-refractivity contribution in [3.8, 4) is 0 Å². The van der Waals surface area contributed by atoms with E-state index in [9.17, 15) is 9.59 Å². The molecule has 0 spiro atoms. The first kappa shape index (κ1) is 13.9. The van der Waals surface area contributed by atoms with Crippen LogP contribution < -0.4 is 5.32 Å². The predicted molar refractivity (Wildman–Crippen MR) is 73.3 cm³/mol. The van der Waals surface area contributed by atoms with Crippen molar-refractivity contribution in [3.63, 3.8) is 0 Å². The van der Waals surface area contributed by atoms with Crippen LogP contribution in [0.4, 0.5) is 5.69 Å². The van der Waals surface area contributed by atoms with Gasteiger partial charge in [0.1, 0.15) is 0 Å². The summed E-state index contributed by atoms with van der Waals surface area (Å²) in [6, 6.07) is 5.27. The summed E-state index contributed by atoms with van der Waals surface area (Å²) in [5.41, 5.74) is 1.63. The molecule has 1 amide bonds. The zero-order valence-corrected chi connectivity index (χ0v) is 11.4. The lowest BCUT2D eigenvalue weighted by Gasteiger charge is -2.12. The highest BCUT2D eigenvalue weighted by Crippen LogP contribution is 2.32. The van der Waals surface area contributed by atoms with Crippen LogP contribution in [0.5, 0.6) is 0 Å². The topological polar surface area (TPSA) is 66.4 Å². The summed E-state index contributed by atoms with van der Waals surface area (Å²) in [4.78, 5) is 23.0. The Morgan fingerprint density at radius 2 is 2.00 bits per heavy atom. The van der Waals surface area contributed by atoms with Gasteiger partial charge in [-0.2, -0.15) is 0 Å². The fourth-order valence-corrected chi connectivity index (χ4v) is 2.67. The first-order valence-electron chi connectivity index (χ1n) is 6.27. The summed E-state index contributed by atoms with van der Waals surface area (Å²) in [6.07, 6.45) is 1.64. The Morgan fingerprint density at radius 1 is 1.32 bits per heavy atom. The fourth-order valence-electron chi connectivity index (χ4n) is 2.45. The number of halogens is 1. The summed E-state index contributed by atoms with van der Waals surface area (Å²) in [5.74, 6) is -1.51. The van der Waals surface area contributed by atoms with Gasteiger partial charge in [-0.05, 0) is 49.9 Å². The average molecular weight is 282 g/mol. The monoisotopic (exact) mass is 281 g/mol. The van der Waals surface area contributed by atoms with E-state index in [1.165, 1.54) is 0 Å². The van der Waals surface area contributed by atoms with Gasteiger partial charge < -0.3 is 10.4 Å². The number of aryl methyl sites for hydroxylation is 1. The Labute approximate surface area is 116 Å². The first-order valence-corrected chi connectivity index (χ1v) is 6.65. The Hall–Kier alpha value is -1.55. The number of carbonyl (C=O) groups excluding carboxylic acids is 1. The maximum Gasteiger partial charge on any atom is 0.306 e. The number of carboxylic acid groups (broad SMARTS) is 1. The molecular weight excluding hydrogens is 266 g/mol. The van der Waals surface area contributed by atoms with E-state index in [4.69, 9.17) is 16.7 Å². The van der Waals surface area contributed by atoms with Gasteiger partial charge in [-0.3, -0.25) is 9.59 Å². The molecule has 19 heavy (non-hydrogen) atoms. The van der Waals surface area contributed by atoms with E-state index in [-0.39, 0.29) is 17.7 Å². The minimum Gasteiger partial charge on any atom is -0.481 e. The van der Waals surface area contributed by atoms with Crippen molar-refractivity contribution in [1.82, 2.24) is 0 Å². The zero-order chi connectivity index (χ0) is 14.0. The molecule has 2 unspecified atom stereocenters. The minimum atomic E-state index is -0.807. The number of benzene rings is 1. The maximum absolute atomic E-state index is 12.1. The van der Waals surface area contributed by atoms with Gasteiger partial charge in [0.2, 0.25) is 5.91 Å². The fraction of sp³-hybridized carbons (Fsp3) is 0.429. The highest BCUT2D eigenvalue weighted by atomic mass is 35.5. The van der Waals surface area contributed by atoms with Gasteiger partial charge >= 0.3 is 5.97 Å². The number of carbonyl (C=O) groups is 2. The minimum absolute atomic E-state index is 0.103. The molecule has 0 aromatic heterocycles. The van der Waals surface area contributed by atoms with Gasteiger partial charge in [-0.1, -0.05) is 11.6 Å². The Kier molecular flexibility index (Phi) is 4.10. The maximum atomic E-state index is 12.1. The summed E-state index contributed by atoms with van der Waals surface area (Å²) < 4.78 is 0. The number of hydrogen-bond acceptors (Lipinski definition) is 2. The number of aliphatic carboxylic acids is 1. The zero-order valence-electron chi connectivity index (χ0n) is 10.6. The molecule has 4 nitrogen and oxygen atoms in total. The van der Waals surface area contributed by atoms with E-state index in [1.54, 1.807) is 18.2 Å². The van der Waals surface area contributed by atoms with Gasteiger partial charge in [0.25, 0.3) is 0 Å². The Balaban J connectivity index is 2.00. The molecule has 0 heterocycles. The predicted octanol–water partition coefficient (Wildman–Crippen LogP) is 3.09. The summed E-state index contributed by atoms with van der Waals surface area (Å²) in [5, 5.41) is 12.4. The average Bonchev–Trinajstić information content (AvgIpc) is 2.82. The molecule has 1 aliphatic carbocycles. The van der Waals surface area contributed by atoms with Crippen LogP contribution in [0.15, 0.2) is 18.2 Å². The van der Waals surface area contributed by atoms with Crippen molar-refractivity contribution >= 4 is 29.2 Å². The quantitative estimate of drug-likeness (QED) is 0.895. The van der Waals surface area contributed by atoms with E-state index in [0.29, 0.717) is 24.3 Å². The van der Waals surface area contributed by atoms with Crippen LogP contribution in [0.1, 0.15) is 24.8 Å². The molecule has 1 aliphatic rings. The lowest BCUT2D eigenvalue weighted by Crippen LogP contribution is -2.22. The van der Waals surface area contributed by atoms with Crippen molar-refractivity contribution in [2.24, 2.45) is 11.8 Å². The molecule has 102 valence electrons. The highest BCUT2D eigenvalue weighted by molar-refractivity contribution is 6.30. The van der Waals surface area contributed by atoms with Crippen molar-refractivity contribution in [2.75, 3.05) is 5.32 Å². The van der Waals surface area contributed by atoms with Gasteiger partial charge in [0.05, 0.1) is 5.92 Å². The van der Waals surface area contributed by atoms with Crippen molar-refractivity contribution in [3.05, 3.63) is 28.8 Å². The van der Waals surface area contributed by atoms with Crippen LogP contribution in [-0.4, -0.2) is 17.0 Å². The molecule has 1 aromatic rings. The standard InChI is InChI=1S/C14H16ClNO3/c1-8-6-11(15)4-5-12(8)16-13(17)9-2-3-10(7-9)14(18)19/h4-6,9-10H,2-3,7H2,1H3,(H,16,17)(H,18,19). The molecule has 2 atom stereocenters. The van der Waals surface area contributed by atoms with E-state index in [0.717, 1.165) is 11.3 Å². The van der Waals surface area contributed by atoms with E-state index >= 15 is 0 Å². The highest BCUT2D eigenvalue weighted by Gasteiger charge is 2.33. The first-order chi connectivity index (χ1) is 8.97. The number of rotatable bonds is 3. The SMILES string of the molecule is Cc1cc(Cl)ccc1NC(=O)C1CCC(C(=O)O)C1. The summed E-state index contributed by atoms with van der Waals surface area (Å²) in [7, 11) is 0. The van der Waals surface area contributed by atoms with Crippen LogP contribution in [0.2, 0.25) is 5.02 Å². The van der Waals surface area contributed by atoms with Gasteiger partial charge in [-0.25, -0.2) is 0 Å². The molecular formula is C14H16ClNO3. The largest absolute Gasteiger partial charge is 0.481 e. The molecule has 1 saturated carbocycles. The molecule has 2 rings (SSSR count). The van der Waals surface area contributed by atoms with Crippen LogP contribution in [0.25, 0.3) is 0 Å². The van der Waals surface area contributed by atoms with Gasteiger partial charge in [0.15, 0.2) is 0 Å². The third-order valence-corrected chi connectivity index (χ3v) is 3.83. The van der Waals surface area contributed by atoms with Crippen LogP contribution in [-0.2, 0) is 9.59 Å². The van der Waals surface area contributed by atoms with Gasteiger partial charge in [0, 0.05) is 16.6 Å². The number of hydrogen-bond donors (Lipinski definition) is 2. The second-order valence-electron chi connectivity index (χ2n) is 4.99. The van der Waals surface area contributed by atoms with Crippen molar-refractivity contribution in [2.45, 2.75) is 26.2 Å². The molecule has 0 saturated heterocycles. The van der Waals surface area contributed by atoms with E-state index in [1.807, 2.05) is 6.92 Å². The van der Waals surface area contributed by atoms with Crippen molar-refractivity contribution < 1.29 is 14.7 Å².